The molecule has 1 saturated carbocycles. The zero-order chi connectivity index (χ0) is 13.4. The molecule has 0 aromatic rings. The lowest BCUT2D eigenvalue weighted by Gasteiger charge is -2.26. The molecule has 3 N–H and O–H groups in total. The molecular weight excluding hydrogens is 224 g/mol. The highest BCUT2D eigenvalue weighted by atomic mass is 16.1. The molecule has 1 rings (SSSR count). The van der Waals surface area contributed by atoms with E-state index in [-0.39, 0.29) is 5.91 Å². The van der Waals surface area contributed by atoms with Crippen molar-refractivity contribution in [1.29, 1.82) is 0 Å². The number of nitrogens with two attached hydrogens (primary N) is 1. The second-order valence-corrected chi connectivity index (χ2v) is 5.99. The number of carbonyl (C=O) groups excluding carboxylic acids is 1. The summed E-state index contributed by atoms with van der Waals surface area (Å²) >= 11 is 0. The van der Waals surface area contributed by atoms with E-state index in [0.717, 1.165) is 31.2 Å². The molecule has 0 heterocycles. The fraction of sp³-hybridized carbons (Fsp3) is 0.933. The zero-order valence-corrected chi connectivity index (χ0v) is 12.1. The maximum absolute atomic E-state index is 11.7. The van der Waals surface area contributed by atoms with Crippen molar-refractivity contribution in [2.45, 2.75) is 58.8 Å². The summed E-state index contributed by atoms with van der Waals surface area (Å²) in [6.07, 6.45) is 8.17. The van der Waals surface area contributed by atoms with Gasteiger partial charge < -0.3 is 11.1 Å². The van der Waals surface area contributed by atoms with Crippen LogP contribution in [0.5, 0.6) is 0 Å². The standard InChI is InChI=1S/C15H30N2O/c1-3-13(11-16)10-15(18)17-8-7-14-6-4-5-12(2)9-14/h12-14H,3-11,16H2,1-2H3,(H,17,18). The van der Waals surface area contributed by atoms with Gasteiger partial charge in [-0.2, -0.15) is 0 Å². The van der Waals surface area contributed by atoms with Crippen LogP contribution in [0.3, 0.4) is 0 Å². The SMILES string of the molecule is CCC(CN)CC(=O)NCCC1CCCC(C)C1. The Morgan fingerprint density at radius 1 is 1.44 bits per heavy atom. The Morgan fingerprint density at radius 2 is 2.22 bits per heavy atom. The largest absolute Gasteiger partial charge is 0.356 e. The van der Waals surface area contributed by atoms with Crippen LogP contribution < -0.4 is 11.1 Å². The summed E-state index contributed by atoms with van der Waals surface area (Å²) in [6, 6.07) is 0. The van der Waals surface area contributed by atoms with E-state index in [4.69, 9.17) is 5.73 Å². The van der Waals surface area contributed by atoms with Crippen LogP contribution in [0.25, 0.3) is 0 Å². The number of hydrogen-bond acceptors (Lipinski definition) is 2. The van der Waals surface area contributed by atoms with Gasteiger partial charge in [-0.15, -0.1) is 0 Å². The highest BCUT2D eigenvalue weighted by Crippen LogP contribution is 2.30. The zero-order valence-electron chi connectivity index (χ0n) is 12.1. The van der Waals surface area contributed by atoms with Crippen LogP contribution >= 0.6 is 0 Å². The quantitative estimate of drug-likeness (QED) is 0.734. The Balaban J connectivity index is 2.11. The van der Waals surface area contributed by atoms with Gasteiger partial charge >= 0.3 is 0 Å². The van der Waals surface area contributed by atoms with Crippen LogP contribution in [0.2, 0.25) is 0 Å². The highest BCUT2D eigenvalue weighted by molar-refractivity contribution is 5.76. The minimum atomic E-state index is 0.177. The third kappa shape index (κ3) is 5.85. The van der Waals surface area contributed by atoms with Gasteiger partial charge in [0.1, 0.15) is 0 Å². The summed E-state index contributed by atoms with van der Waals surface area (Å²) < 4.78 is 0. The van der Waals surface area contributed by atoms with Gasteiger partial charge in [-0.25, -0.2) is 0 Å². The molecule has 3 heteroatoms. The molecule has 3 atom stereocenters. The molecule has 0 saturated heterocycles. The first-order valence-corrected chi connectivity index (χ1v) is 7.62. The van der Waals surface area contributed by atoms with Crippen LogP contribution in [-0.4, -0.2) is 19.0 Å². The van der Waals surface area contributed by atoms with Gasteiger partial charge in [0.2, 0.25) is 5.91 Å². The lowest BCUT2D eigenvalue weighted by atomic mass is 9.81. The number of rotatable bonds is 7. The normalized spacial score (nSPS) is 25.7. The van der Waals surface area contributed by atoms with E-state index >= 15 is 0 Å². The Bertz CT molecular complexity index is 239. The van der Waals surface area contributed by atoms with E-state index in [0.29, 0.717) is 18.9 Å². The highest BCUT2D eigenvalue weighted by Gasteiger charge is 2.18. The molecule has 0 bridgehead atoms. The first-order chi connectivity index (χ1) is 8.65. The third-order valence-corrected chi connectivity index (χ3v) is 4.30. The predicted molar refractivity (Wildman–Crippen MR) is 76.2 cm³/mol. The van der Waals surface area contributed by atoms with E-state index in [9.17, 15) is 4.79 Å². The van der Waals surface area contributed by atoms with Gasteiger partial charge in [-0.1, -0.05) is 39.5 Å². The molecule has 106 valence electrons. The van der Waals surface area contributed by atoms with Crippen molar-refractivity contribution in [3.63, 3.8) is 0 Å². The van der Waals surface area contributed by atoms with Crippen molar-refractivity contribution in [2.75, 3.05) is 13.1 Å². The Hall–Kier alpha value is -0.570. The molecule has 0 aromatic carbocycles. The number of amides is 1. The van der Waals surface area contributed by atoms with E-state index in [2.05, 4.69) is 19.2 Å². The minimum Gasteiger partial charge on any atom is -0.356 e. The third-order valence-electron chi connectivity index (χ3n) is 4.30. The van der Waals surface area contributed by atoms with Gasteiger partial charge in [0.15, 0.2) is 0 Å². The fourth-order valence-electron chi connectivity index (χ4n) is 2.97. The lowest BCUT2D eigenvalue weighted by Crippen LogP contribution is -2.30. The second kappa shape index (κ2) is 8.52. The maximum atomic E-state index is 11.7. The molecule has 3 unspecified atom stereocenters. The average Bonchev–Trinajstić information content (AvgIpc) is 2.36. The van der Waals surface area contributed by atoms with E-state index < -0.39 is 0 Å². The molecule has 1 amide bonds. The van der Waals surface area contributed by atoms with Crippen LogP contribution in [0.15, 0.2) is 0 Å². The molecule has 0 aromatic heterocycles. The van der Waals surface area contributed by atoms with Crippen LogP contribution in [-0.2, 0) is 4.79 Å². The summed E-state index contributed by atoms with van der Waals surface area (Å²) in [5.74, 6) is 2.22. The molecule has 1 fully saturated rings. The van der Waals surface area contributed by atoms with E-state index in [1.165, 1.54) is 25.7 Å². The van der Waals surface area contributed by atoms with Gasteiger partial charge in [0, 0.05) is 13.0 Å². The molecule has 0 spiro atoms. The smallest absolute Gasteiger partial charge is 0.220 e. The first-order valence-electron chi connectivity index (χ1n) is 7.62. The van der Waals surface area contributed by atoms with Crippen LogP contribution in [0, 0.1) is 17.8 Å². The van der Waals surface area contributed by atoms with Crippen LogP contribution in [0.1, 0.15) is 58.8 Å². The average molecular weight is 254 g/mol. The van der Waals surface area contributed by atoms with Crippen molar-refractivity contribution >= 4 is 5.91 Å². The molecule has 0 radical (unpaired) electrons. The molecular formula is C15H30N2O. The number of carbonyl (C=O) groups is 1. The molecule has 1 aliphatic rings. The van der Waals surface area contributed by atoms with Gasteiger partial charge in [-0.05, 0) is 37.1 Å². The van der Waals surface area contributed by atoms with Gasteiger partial charge in [0.25, 0.3) is 0 Å². The summed E-state index contributed by atoms with van der Waals surface area (Å²) in [4.78, 5) is 11.7. The monoisotopic (exact) mass is 254 g/mol. The Morgan fingerprint density at radius 3 is 2.83 bits per heavy atom. The molecule has 0 aliphatic heterocycles. The van der Waals surface area contributed by atoms with Crippen molar-refractivity contribution in [2.24, 2.45) is 23.5 Å². The minimum absolute atomic E-state index is 0.177. The topological polar surface area (TPSA) is 55.1 Å². The summed E-state index contributed by atoms with van der Waals surface area (Å²) in [6.45, 7) is 5.90. The summed E-state index contributed by atoms with van der Waals surface area (Å²) in [5.41, 5.74) is 5.61. The molecule has 3 nitrogen and oxygen atoms in total. The second-order valence-electron chi connectivity index (χ2n) is 5.99. The Labute approximate surface area is 112 Å². The molecule has 1 aliphatic carbocycles. The van der Waals surface area contributed by atoms with Crippen molar-refractivity contribution in [1.82, 2.24) is 5.32 Å². The van der Waals surface area contributed by atoms with E-state index in [1.807, 2.05) is 0 Å². The number of nitrogens with one attached hydrogen (secondary N) is 1. The van der Waals surface area contributed by atoms with Crippen molar-refractivity contribution < 1.29 is 4.79 Å². The number of hydrogen-bond donors (Lipinski definition) is 2. The summed E-state index contributed by atoms with van der Waals surface area (Å²) in [7, 11) is 0. The van der Waals surface area contributed by atoms with E-state index in [1.54, 1.807) is 0 Å². The van der Waals surface area contributed by atoms with Gasteiger partial charge in [0.05, 0.1) is 0 Å². The molecule has 18 heavy (non-hydrogen) atoms. The van der Waals surface area contributed by atoms with Crippen molar-refractivity contribution in [3.05, 3.63) is 0 Å². The van der Waals surface area contributed by atoms with Crippen molar-refractivity contribution in [3.8, 4) is 0 Å². The fourth-order valence-corrected chi connectivity index (χ4v) is 2.97. The predicted octanol–water partition coefficient (Wildman–Crippen LogP) is 2.69. The van der Waals surface area contributed by atoms with Gasteiger partial charge in [-0.3, -0.25) is 4.79 Å². The lowest BCUT2D eigenvalue weighted by molar-refractivity contribution is -0.122. The van der Waals surface area contributed by atoms with Crippen LogP contribution in [0.4, 0.5) is 0 Å². The summed E-state index contributed by atoms with van der Waals surface area (Å²) in [5, 5.41) is 3.05. The maximum Gasteiger partial charge on any atom is 0.220 e. The Kier molecular flexibility index (Phi) is 7.33. The first kappa shape index (κ1) is 15.5.